The van der Waals surface area contributed by atoms with Gasteiger partial charge >= 0.3 is 5.97 Å². The van der Waals surface area contributed by atoms with E-state index in [0.717, 1.165) is 17.7 Å². The van der Waals surface area contributed by atoms with Crippen molar-refractivity contribution in [3.63, 3.8) is 0 Å². The smallest absolute Gasteiger partial charge is 0.329 e. The second-order valence-corrected chi connectivity index (χ2v) is 5.66. The normalized spacial score (nSPS) is 17.1. The van der Waals surface area contributed by atoms with E-state index in [-0.39, 0.29) is 11.7 Å². The lowest BCUT2D eigenvalue weighted by atomic mass is 9.98. The largest absolute Gasteiger partial charge is 0.480 e. The first-order valence-electron chi connectivity index (χ1n) is 6.20. The highest BCUT2D eigenvalue weighted by Crippen LogP contribution is 2.30. The molecule has 0 saturated heterocycles. The molecule has 1 amide bonds. The predicted molar refractivity (Wildman–Crippen MR) is 71.9 cm³/mol. The Morgan fingerprint density at radius 2 is 1.95 bits per heavy atom. The van der Waals surface area contributed by atoms with Gasteiger partial charge in [-0.3, -0.25) is 9.78 Å². The van der Waals surface area contributed by atoms with Crippen molar-refractivity contribution in [3.8, 4) is 0 Å². The van der Waals surface area contributed by atoms with Gasteiger partial charge in [0.05, 0.1) is 5.75 Å². The number of aromatic nitrogens is 1. The van der Waals surface area contributed by atoms with Gasteiger partial charge in [0.15, 0.2) is 0 Å². The molecule has 1 aromatic heterocycles. The third-order valence-electron chi connectivity index (χ3n) is 3.26. The summed E-state index contributed by atoms with van der Waals surface area (Å²) in [6.45, 7) is 0. The molecule has 0 aromatic carbocycles. The first kappa shape index (κ1) is 13.9. The number of carboxylic acid groups (broad SMARTS) is 1. The summed E-state index contributed by atoms with van der Waals surface area (Å²) in [7, 11) is 0. The zero-order valence-electron chi connectivity index (χ0n) is 10.5. The van der Waals surface area contributed by atoms with Crippen molar-refractivity contribution in [2.75, 3.05) is 5.75 Å². The summed E-state index contributed by atoms with van der Waals surface area (Å²) >= 11 is 1.38. The van der Waals surface area contributed by atoms with Crippen molar-refractivity contribution in [1.82, 2.24) is 10.3 Å². The zero-order valence-corrected chi connectivity index (χ0v) is 11.3. The van der Waals surface area contributed by atoms with E-state index in [4.69, 9.17) is 0 Å². The van der Waals surface area contributed by atoms with Crippen LogP contribution in [-0.4, -0.2) is 33.3 Å². The van der Waals surface area contributed by atoms with Gasteiger partial charge in [-0.1, -0.05) is 12.8 Å². The lowest BCUT2D eigenvalue weighted by Crippen LogP contribution is -2.53. The van der Waals surface area contributed by atoms with E-state index in [2.05, 4.69) is 10.3 Å². The van der Waals surface area contributed by atoms with Gasteiger partial charge in [-0.15, -0.1) is 11.8 Å². The molecule has 0 atom stereocenters. The van der Waals surface area contributed by atoms with Crippen molar-refractivity contribution in [3.05, 3.63) is 24.5 Å². The summed E-state index contributed by atoms with van der Waals surface area (Å²) in [4.78, 5) is 28.0. The van der Waals surface area contributed by atoms with Crippen LogP contribution in [0, 0.1) is 0 Å². The summed E-state index contributed by atoms with van der Waals surface area (Å²) in [5, 5.41) is 12.0. The lowest BCUT2D eigenvalue weighted by Gasteiger charge is -2.25. The molecular weight excluding hydrogens is 264 g/mol. The van der Waals surface area contributed by atoms with Crippen molar-refractivity contribution in [1.29, 1.82) is 0 Å². The van der Waals surface area contributed by atoms with Crippen molar-refractivity contribution in [2.24, 2.45) is 0 Å². The zero-order chi connectivity index (χ0) is 13.7. The van der Waals surface area contributed by atoms with E-state index in [9.17, 15) is 14.7 Å². The standard InChI is InChI=1S/C13H16N2O3S/c16-11(9-19-10-3-7-14-8-4-10)15-13(12(17)18)5-1-2-6-13/h3-4,7-8H,1-2,5-6,9H2,(H,15,16)(H,17,18). The molecule has 1 fully saturated rings. The molecular formula is C13H16N2O3S. The van der Waals surface area contributed by atoms with Crippen LogP contribution in [0.3, 0.4) is 0 Å². The number of carbonyl (C=O) groups excluding carboxylic acids is 1. The third kappa shape index (κ3) is 3.47. The maximum Gasteiger partial charge on any atom is 0.329 e. The minimum atomic E-state index is -1.05. The summed E-state index contributed by atoms with van der Waals surface area (Å²) in [5.41, 5.74) is -1.05. The van der Waals surface area contributed by atoms with Crippen LogP contribution < -0.4 is 5.32 Å². The molecule has 5 nitrogen and oxygen atoms in total. The highest BCUT2D eigenvalue weighted by atomic mass is 32.2. The molecule has 1 aliphatic rings. The van der Waals surface area contributed by atoms with Gasteiger partial charge in [0.2, 0.25) is 5.91 Å². The highest BCUT2D eigenvalue weighted by Gasteiger charge is 2.42. The third-order valence-corrected chi connectivity index (χ3v) is 4.28. The molecule has 19 heavy (non-hydrogen) atoms. The highest BCUT2D eigenvalue weighted by molar-refractivity contribution is 8.00. The Hall–Kier alpha value is -1.56. The molecule has 6 heteroatoms. The number of thioether (sulfide) groups is 1. The van der Waals surface area contributed by atoms with Crippen LogP contribution in [0.25, 0.3) is 0 Å². The van der Waals surface area contributed by atoms with Crippen LogP contribution in [0.4, 0.5) is 0 Å². The molecule has 102 valence electrons. The van der Waals surface area contributed by atoms with Gasteiger partial charge < -0.3 is 10.4 Å². The van der Waals surface area contributed by atoms with Gasteiger partial charge in [-0.2, -0.15) is 0 Å². The molecule has 1 saturated carbocycles. The molecule has 0 aliphatic heterocycles. The van der Waals surface area contributed by atoms with Crippen molar-refractivity contribution in [2.45, 2.75) is 36.1 Å². The van der Waals surface area contributed by atoms with Gasteiger partial charge in [0.25, 0.3) is 0 Å². The van der Waals surface area contributed by atoms with Crippen LogP contribution in [0.15, 0.2) is 29.4 Å². The Labute approximate surface area is 115 Å². The van der Waals surface area contributed by atoms with Gasteiger partial charge in [-0.25, -0.2) is 4.79 Å². The number of nitrogens with one attached hydrogen (secondary N) is 1. The van der Waals surface area contributed by atoms with Crippen molar-refractivity contribution >= 4 is 23.6 Å². The fourth-order valence-corrected chi connectivity index (χ4v) is 2.94. The minimum absolute atomic E-state index is 0.221. The molecule has 0 radical (unpaired) electrons. The number of carboxylic acids is 1. The molecule has 1 aliphatic carbocycles. The SMILES string of the molecule is O=C(CSc1ccncc1)NC1(C(=O)O)CCCC1. The van der Waals surface area contributed by atoms with Crippen molar-refractivity contribution < 1.29 is 14.7 Å². The monoisotopic (exact) mass is 280 g/mol. The van der Waals surface area contributed by atoms with E-state index in [1.165, 1.54) is 11.8 Å². The van der Waals surface area contributed by atoms with E-state index in [1.807, 2.05) is 12.1 Å². The number of amides is 1. The lowest BCUT2D eigenvalue weighted by molar-refractivity contribution is -0.147. The second kappa shape index (κ2) is 6.06. The average Bonchev–Trinajstić information content (AvgIpc) is 2.87. The van der Waals surface area contributed by atoms with Crippen LogP contribution in [0.5, 0.6) is 0 Å². The summed E-state index contributed by atoms with van der Waals surface area (Å²) in [5.74, 6) is -0.933. The van der Waals surface area contributed by atoms with E-state index in [1.54, 1.807) is 12.4 Å². The van der Waals surface area contributed by atoms with E-state index >= 15 is 0 Å². The summed E-state index contributed by atoms with van der Waals surface area (Å²) in [6, 6.07) is 3.64. The summed E-state index contributed by atoms with van der Waals surface area (Å²) < 4.78 is 0. The molecule has 2 rings (SSSR count). The number of rotatable bonds is 5. The average molecular weight is 280 g/mol. The van der Waals surface area contributed by atoms with Crippen LogP contribution in [-0.2, 0) is 9.59 Å². The maximum absolute atomic E-state index is 11.9. The Bertz CT molecular complexity index is 458. The first-order valence-corrected chi connectivity index (χ1v) is 7.18. The maximum atomic E-state index is 11.9. The number of hydrogen-bond acceptors (Lipinski definition) is 4. The van der Waals surface area contributed by atoms with Crippen LogP contribution >= 0.6 is 11.8 Å². The predicted octanol–water partition coefficient (Wildman–Crippen LogP) is 1.69. The molecule has 1 heterocycles. The molecule has 2 N–H and O–H groups in total. The Kier molecular flexibility index (Phi) is 4.42. The van der Waals surface area contributed by atoms with Gasteiger partial charge in [0, 0.05) is 17.3 Å². The van der Waals surface area contributed by atoms with Gasteiger partial charge in [0.1, 0.15) is 5.54 Å². The topological polar surface area (TPSA) is 79.3 Å². The van der Waals surface area contributed by atoms with E-state index in [0.29, 0.717) is 12.8 Å². The minimum Gasteiger partial charge on any atom is -0.480 e. The second-order valence-electron chi connectivity index (χ2n) is 4.61. The molecule has 0 spiro atoms. The Morgan fingerprint density at radius 1 is 1.32 bits per heavy atom. The van der Waals surface area contributed by atoms with E-state index < -0.39 is 11.5 Å². The fourth-order valence-electron chi connectivity index (χ4n) is 2.26. The number of nitrogens with zero attached hydrogens (tertiary/aromatic N) is 1. The van der Waals surface area contributed by atoms with Crippen LogP contribution in [0.2, 0.25) is 0 Å². The fraction of sp³-hybridized carbons (Fsp3) is 0.462. The molecule has 1 aromatic rings. The Morgan fingerprint density at radius 3 is 2.53 bits per heavy atom. The quantitative estimate of drug-likeness (QED) is 0.802. The first-order chi connectivity index (χ1) is 9.12. The number of pyridine rings is 1. The van der Waals surface area contributed by atoms with Gasteiger partial charge in [-0.05, 0) is 25.0 Å². The summed E-state index contributed by atoms with van der Waals surface area (Å²) in [6.07, 6.45) is 6.07. The molecule has 0 unspecified atom stereocenters. The number of aliphatic carboxylic acids is 1. The number of hydrogen-bond donors (Lipinski definition) is 2. The Balaban J connectivity index is 1.88. The molecule has 0 bridgehead atoms. The number of carbonyl (C=O) groups is 2. The van der Waals surface area contributed by atoms with Crippen LogP contribution in [0.1, 0.15) is 25.7 Å².